The van der Waals surface area contributed by atoms with Crippen molar-refractivity contribution in [2.24, 2.45) is 0 Å². The molecule has 23 heavy (non-hydrogen) atoms. The monoisotopic (exact) mass is 314 g/mol. The van der Waals surface area contributed by atoms with Crippen LogP contribution < -0.4 is 0 Å². The summed E-state index contributed by atoms with van der Waals surface area (Å²) in [5.74, 6) is 0.377. The van der Waals surface area contributed by atoms with Crippen LogP contribution in [-0.4, -0.2) is 27.2 Å². The zero-order valence-electron chi connectivity index (χ0n) is 13.1. The highest BCUT2D eigenvalue weighted by Crippen LogP contribution is 2.39. The first-order valence-corrected chi connectivity index (χ1v) is 8.16. The highest BCUT2D eigenvalue weighted by molar-refractivity contribution is 5.73. The first-order valence-electron chi connectivity index (χ1n) is 8.16. The lowest BCUT2D eigenvalue weighted by Gasteiger charge is -2.14. The number of aromatic nitrogens is 2. The van der Waals surface area contributed by atoms with Crippen LogP contribution >= 0.6 is 0 Å². The molecule has 122 valence electrons. The molecule has 1 aliphatic rings. The van der Waals surface area contributed by atoms with Crippen LogP contribution in [0.3, 0.4) is 0 Å². The van der Waals surface area contributed by atoms with E-state index in [4.69, 9.17) is 4.74 Å². The maximum absolute atomic E-state index is 12.0. The smallest absolute Gasteiger partial charge is 0.310 e. The van der Waals surface area contributed by atoms with Crippen molar-refractivity contribution in [2.45, 2.75) is 44.6 Å². The molecular weight excluding hydrogens is 292 g/mol. The molecule has 1 aromatic heterocycles. The Labute approximate surface area is 135 Å². The molecule has 0 radical (unpaired) electrons. The van der Waals surface area contributed by atoms with Crippen molar-refractivity contribution in [3.63, 3.8) is 0 Å². The molecule has 5 nitrogen and oxygen atoms in total. The van der Waals surface area contributed by atoms with E-state index in [9.17, 15) is 9.90 Å². The van der Waals surface area contributed by atoms with Crippen LogP contribution in [0.25, 0.3) is 0 Å². The Kier molecular flexibility index (Phi) is 4.95. The summed E-state index contributed by atoms with van der Waals surface area (Å²) in [5, 5.41) is 10.5. The first kappa shape index (κ1) is 15.6. The predicted molar refractivity (Wildman–Crippen MR) is 86.2 cm³/mol. The average Bonchev–Trinajstić information content (AvgIpc) is 3.22. The summed E-state index contributed by atoms with van der Waals surface area (Å²) in [6.07, 6.45) is 9.97. The Hall–Kier alpha value is -2.30. The fourth-order valence-corrected chi connectivity index (χ4v) is 3.21. The van der Waals surface area contributed by atoms with Gasteiger partial charge >= 0.3 is 5.97 Å². The predicted octanol–water partition coefficient (Wildman–Crippen LogP) is 3.03. The number of benzene rings is 1. The second-order valence-electron chi connectivity index (χ2n) is 6.03. The van der Waals surface area contributed by atoms with Gasteiger partial charge in [-0.25, -0.2) is 4.98 Å². The molecule has 1 N–H and O–H groups in total. The number of aromatic hydroxyl groups is 1. The summed E-state index contributed by atoms with van der Waals surface area (Å²) < 4.78 is 7.09. The number of esters is 1. The van der Waals surface area contributed by atoms with Crippen LogP contribution in [0.2, 0.25) is 0 Å². The van der Waals surface area contributed by atoms with E-state index in [1.54, 1.807) is 18.6 Å². The molecule has 1 fully saturated rings. The minimum Gasteiger partial charge on any atom is -0.507 e. The molecular formula is C18H22N2O3. The zero-order valence-corrected chi connectivity index (χ0v) is 13.1. The summed E-state index contributed by atoms with van der Waals surface area (Å²) in [6.45, 7) is 0.887. The number of phenolic OH excluding ortho intramolecular Hbond substituents is 1. The first-order chi connectivity index (χ1) is 11.2. The number of imidazole rings is 1. The van der Waals surface area contributed by atoms with Gasteiger partial charge in [0.05, 0.1) is 19.3 Å². The molecule has 1 aliphatic carbocycles. The molecule has 0 aliphatic heterocycles. The van der Waals surface area contributed by atoms with E-state index in [1.165, 1.54) is 12.8 Å². The standard InChI is InChI=1S/C18H22N2O3/c21-17(23-11-10-20-9-8-19-13-20)12-15-6-3-7-16(18(15)22)14-4-1-2-5-14/h3,6-9,13-14,22H,1-2,4-5,10-12H2. The molecule has 0 saturated heterocycles. The van der Waals surface area contributed by atoms with Crippen molar-refractivity contribution in [1.29, 1.82) is 0 Å². The Morgan fingerprint density at radius 3 is 2.91 bits per heavy atom. The molecule has 1 heterocycles. The molecule has 5 heteroatoms. The number of ether oxygens (including phenoxy) is 1. The van der Waals surface area contributed by atoms with E-state index in [0.717, 1.165) is 18.4 Å². The Morgan fingerprint density at radius 2 is 2.17 bits per heavy atom. The van der Waals surface area contributed by atoms with Gasteiger partial charge in [-0.1, -0.05) is 31.0 Å². The van der Waals surface area contributed by atoms with Gasteiger partial charge in [0, 0.05) is 18.0 Å². The molecule has 0 unspecified atom stereocenters. The van der Waals surface area contributed by atoms with Gasteiger partial charge in [0.15, 0.2) is 0 Å². The second-order valence-corrected chi connectivity index (χ2v) is 6.03. The number of carbonyl (C=O) groups is 1. The quantitative estimate of drug-likeness (QED) is 0.832. The Bertz CT molecular complexity index is 646. The van der Waals surface area contributed by atoms with Crippen LogP contribution in [0.4, 0.5) is 0 Å². The minimum absolute atomic E-state index is 0.107. The van der Waals surface area contributed by atoms with Crippen LogP contribution in [0.5, 0.6) is 5.75 Å². The summed E-state index contributed by atoms with van der Waals surface area (Å²) in [6, 6.07) is 5.69. The van der Waals surface area contributed by atoms with E-state index in [-0.39, 0.29) is 18.1 Å². The maximum atomic E-state index is 12.0. The normalized spacial score (nSPS) is 15.0. The van der Waals surface area contributed by atoms with Crippen LogP contribution in [0, 0.1) is 0 Å². The summed E-state index contributed by atoms with van der Waals surface area (Å²) in [5.41, 5.74) is 1.63. The fourth-order valence-electron chi connectivity index (χ4n) is 3.21. The van der Waals surface area contributed by atoms with Crippen molar-refractivity contribution >= 4 is 5.97 Å². The van der Waals surface area contributed by atoms with E-state index < -0.39 is 0 Å². The lowest BCUT2D eigenvalue weighted by Crippen LogP contribution is -2.13. The number of para-hydroxylation sites is 1. The Morgan fingerprint density at radius 1 is 1.35 bits per heavy atom. The molecule has 2 aromatic rings. The number of rotatable bonds is 6. The molecule has 3 rings (SSSR count). The van der Waals surface area contributed by atoms with Gasteiger partial charge in [0.1, 0.15) is 12.4 Å². The average molecular weight is 314 g/mol. The maximum Gasteiger partial charge on any atom is 0.310 e. The third-order valence-electron chi connectivity index (χ3n) is 4.45. The van der Waals surface area contributed by atoms with Gasteiger partial charge < -0.3 is 14.4 Å². The van der Waals surface area contributed by atoms with E-state index in [0.29, 0.717) is 24.6 Å². The van der Waals surface area contributed by atoms with Crippen LogP contribution in [0.1, 0.15) is 42.7 Å². The third kappa shape index (κ3) is 3.92. The van der Waals surface area contributed by atoms with Gasteiger partial charge in [-0.15, -0.1) is 0 Å². The molecule has 0 atom stereocenters. The minimum atomic E-state index is -0.316. The van der Waals surface area contributed by atoms with Crippen molar-refractivity contribution in [3.8, 4) is 5.75 Å². The highest BCUT2D eigenvalue weighted by atomic mass is 16.5. The summed E-state index contributed by atoms with van der Waals surface area (Å²) >= 11 is 0. The fraction of sp³-hybridized carbons (Fsp3) is 0.444. The lowest BCUT2D eigenvalue weighted by molar-refractivity contribution is -0.143. The van der Waals surface area contributed by atoms with Gasteiger partial charge in [-0.05, 0) is 24.3 Å². The van der Waals surface area contributed by atoms with E-state index >= 15 is 0 Å². The molecule has 0 bridgehead atoms. The number of phenols is 1. The third-order valence-corrected chi connectivity index (χ3v) is 4.45. The van der Waals surface area contributed by atoms with Gasteiger partial charge in [0.2, 0.25) is 0 Å². The second kappa shape index (κ2) is 7.31. The summed E-state index contributed by atoms with van der Waals surface area (Å²) in [7, 11) is 0. The van der Waals surface area contributed by atoms with E-state index in [2.05, 4.69) is 4.98 Å². The van der Waals surface area contributed by atoms with Crippen LogP contribution in [0.15, 0.2) is 36.9 Å². The molecule has 0 amide bonds. The number of carbonyl (C=O) groups excluding carboxylic acids is 1. The van der Waals surface area contributed by atoms with Crippen LogP contribution in [-0.2, 0) is 22.5 Å². The van der Waals surface area contributed by atoms with Gasteiger partial charge in [-0.3, -0.25) is 4.79 Å². The van der Waals surface area contributed by atoms with Crippen molar-refractivity contribution < 1.29 is 14.6 Å². The lowest BCUT2D eigenvalue weighted by atomic mass is 9.94. The van der Waals surface area contributed by atoms with Gasteiger partial charge in [0.25, 0.3) is 0 Å². The van der Waals surface area contributed by atoms with Crippen molar-refractivity contribution in [3.05, 3.63) is 48.0 Å². The Balaban J connectivity index is 1.56. The molecule has 0 spiro atoms. The van der Waals surface area contributed by atoms with E-state index in [1.807, 2.05) is 22.9 Å². The van der Waals surface area contributed by atoms with Crippen molar-refractivity contribution in [2.75, 3.05) is 6.61 Å². The number of hydrogen-bond donors (Lipinski definition) is 1. The summed E-state index contributed by atoms with van der Waals surface area (Å²) in [4.78, 5) is 15.9. The largest absolute Gasteiger partial charge is 0.507 e. The van der Waals surface area contributed by atoms with Crippen molar-refractivity contribution in [1.82, 2.24) is 9.55 Å². The number of nitrogens with zero attached hydrogens (tertiary/aromatic N) is 2. The highest BCUT2D eigenvalue weighted by Gasteiger charge is 2.22. The molecule has 1 aromatic carbocycles. The zero-order chi connectivity index (χ0) is 16.1. The van der Waals surface area contributed by atoms with Gasteiger partial charge in [-0.2, -0.15) is 0 Å². The molecule has 1 saturated carbocycles. The number of hydrogen-bond acceptors (Lipinski definition) is 4. The SMILES string of the molecule is O=C(Cc1cccc(C2CCCC2)c1O)OCCn1ccnc1. The topological polar surface area (TPSA) is 64.3 Å².